The molecule has 0 radical (unpaired) electrons. The molecule has 2 fully saturated rings. The van der Waals surface area contributed by atoms with Crippen LogP contribution in [0.15, 0.2) is 0 Å². The Morgan fingerprint density at radius 2 is 1.83 bits per heavy atom. The van der Waals surface area contributed by atoms with Crippen LogP contribution < -0.4 is 0 Å². The average Bonchev–Trinajstić information content (AvgIpc) is 2.67. The Hall–Kier alpha value is -0.200. The molecular formula is C10H15Cl2FN2O2S. The third-order valence-corrected chi connectivity index (χ3v) is 6.05. The first-order valence-corrected chi connectivity index (χ1v) is 9.28. The normalized spacial score (nSPS) is 23.9. The number of hydrogen-bond acceptors (Lipinski definition) is 2. The summed E-state index contributed by atoms with van der Waals surface area (Å²) in [6.07, 6.45) is 4.76. The van der Waals surface area contributed by atoms with Crippen LogP contribution in [0.3, 0.4) is 0 Å². The van der Waals surface area contributed by atoms with Crippen molar-refractivity contribution in [2.75, 3.05) is 12.6 Å². The standard InChI is InChI=1S/C10H15Cl2FN2O2S/c11-18(12,7-13)14-6-9(16)15(10(14)17)8-4-2-1-3-5-8/h8H,1-7H2. The van der Waals surface area contributed by atoms with Gasteiger partial charge in [-0.05, 0) is 34.2 Å². The number of halogens is 3. The van der Waals surface area contributed by atoms with Crippen molar-refractivity contribution < 1.29 is 14.0 Å². The molecule has 0 spiro atoms. The van der Waals surface area contributed by atoms with E-state index >= 15 is 0 Å². The number of carbonyl (C=O) groups excluding carboxylic acids is 2. The molecule has 4 nitrogen and oxygen atoms in total. The Bertz CT molecular complexity index is 364. The van der Waals surface area contributed by atoms with Gasteiger partial charge in [-0.3, -0.25) is 14.0 Å². The zero-order chi connectivity index (χ0) is 13.3. The summed E-state index contributed by atoms with van der Waals surface area (Å²) in [4.78, 5) is 25.3. The summed E-state index contributed by atoms with van der Waals surface area (Å²) in [5.41, 5.74) is 0. The fraction of sp³-hybridized carbons (Fsp3) is 0.800. The lowest BCUT2D eigenvalue weighted by Gasteiger charge is -2.33. The molecule has 0 N–H and O–H groups in total. The number of rotatable bonds is 3. The van der Waals surface area contributed by atoms with E-state index in [0.29, 0.717) is 0 Å². The van der Waals surface area contributed by atoms with Gasteiger partial charge in [0.1, 0.15) is 6.54 Å². The van der Waals surface area contributed by atoms with Crippen LogP contribution in [-0.2, 0) is 4.79 Å². The molecule has 0 aromatic heterocycles. The molecule has 0 aromatic carbocycles. The Kier molecular flexibility index (Phi) is 4.29. The van der Waals surface area contributed by atoms with E-state index in [2.05, 4.69) is 0 Å². The van der Waals surface area contributed by atoms with Crippen molar-refractivity contribution >= 4 is 41.9 Å². The fourth-order valence-corrected chi connectivity index (χ4v) is 3.84. The number of carbonyl (C=O) groups is 2. The highest BCUT2D eigenvalue weighted by Crippen LogP contribution is 2.62. The van der Waals surface area contributed by atoms with Crippen LogP contribution in [0.1, 0.15) is 32.1 Å². The van der Waals surface area contributed by atoms with Gasteiger partial charge in [0.05, 0.1) is 0 Å². The van der Waals surface area contributed by atoms with E-state index < -0.39 is 20.7 Å². The van der Waals surface area contributed by atoms with Gasteiger partial charge in [0.2, 0.25) is 0 Å². The average molecular weight is 317 g/mol. The van der Waals surface area contributed by atoms with Crippen molar-refractivity contribution in [2.45, 2.75) is 38.1 Å². The molecule has 0 aromatic rings. The van der Waals surface area contributed by atoms with Gasteiger partial charge >= 0.3 is 6.03 Å². The number of hydrogen-bond donors (Lipinski definition) is 0. The minimum atomic E-state index is -2.85. The second-order valence-electron chi connectivity index (χ2n) is 4.53. The van der Waals surface area contributed by atoms with Crippen LogP contribution in [-0.4, -0.2) is 39.7 Å². The molecule has 1 aliphatic carbocycles. The van der Waals surface area contributed by atoms with Gasteiger partial charge in [0, 0.05) is 14.7 Å². The van der Waals surface area contributed by atoms with Crippen molar-refractivity contribution in [1.29, 1.82) is 0 Å². The first-order valence-electron chi connectivity index (χ1n) is 5.87. The zero-order valence-electron chi connectivity index (χ0n) is 9.78. The second kappa shape index (κ2) is 5.43. The van der Waals surface area contributed by atoms with Gasteiger partial charge in [0.25, 0.3) is 5.91 Å². The Labute approximate surface area is 116 Å². The van der Waals surface area contributed by atoms with Gasteiger partial charge in [-0.25, -0.2) is 9.18 Å². The third kappa shape index (κ3) is 2.56. The number of nitrogens with zero attached hydrogens (tertiary/aromatic N) is 2. The van der Waals surface area contributed by atoms with Crippen LogP contribution >= 0.6 is 30.0 Å². The number of imide groups is 1. The molecule has 0 atom stereocenters. The van der Waals surface area contributed by atoms with Gasteiger partial charge in [0.15, 0.2) is 6.01 Å². The van der Waals surface area contributed by atoms with E-state index in [-0.39, 0.29) is 18.5 Å². The third-order valence-electron chi connectivity index (χ3n) is 3.36. The van der Waals surface area contributed by atoms with Crippen molar-refractivity contribution in [3.63, 3.8) is 0 Å². The van der Waals surface area contributed by atoms with Crippen LogP contribution in [0.25, 0.3) is 0 Å². The molecule has 0 unspecified atom stereocenters. The molecule has 3 amide bonds. The Morgan fingerprint density at radius 3 is 2.39 bits per heavy atom. The van der Waals surface area contributed by atoms with E-state index in [1.807, 2.05) is 0 Å². The maximum Gasteiger partial charge on any atom is 0.338 e. The van der Waals surface area contributed by atoms with Crippen molar-refractivity contribution in [3.05, 3.63) is 0 Å². The first-order chi connectivity index (χ1) is 8.47. The van der Waals surface area contributed by atoms with E-state index in [1.165, 1.54) is 4.90 Å². The molecule has 1 saturated carbocycles. The Balaban J connectivity index is 2.14. The summed E-state index contributed by atoms with van der Waals surface area (Å²) in [6, 6.07) is -1.63. The SMILES string of the molecule is O=C1CN(S(Cl)(Cl)CF)C(=O)N1C1CCCCC1. The number of amides is 3. The first kappa shape index (κ1) is 14.2. The summed E-state index contributed by atoms with van der Waals surface area (Å²) < 4.78 is 13.7. The predicted molar refractivity (Wildman–Crippen MR) is 71.1 cm³/mol. The van der Waals surface area contributed by atoms with Gasteiger partial charge < -0.3 is 0 Å². The molecule has 1 saturated heterocycles. The van der Waals surface area contributed by atoms with Crippen molar-refractivity contribution in [2.24, 2.45) is 0 Å². The van der Waals surface area contributed by atoms with Crippen molar-refractivity contribution in [1.82, 2.24) is 9.21 Å². The lowest BCUT2D eigenvalue weighted by molar-refractivity contribution is -0.127. The van der Waals surface area contributed by atoms with Crippen LogP contribution in [0.2, 0.25) is 0 Å². The zero-order valence-corrected chi connectivity index (χ0v) is 12.1. The topological polar surface area (TPSA) is 40.6 Å². The molecule has 1 aliphatic heterocycles. The maximum atomic E-state index is 12.7. The van der Waals surface area contributed by atoms with Crippen LogP contribution in [0.5, 0.6) is 0 Å². The lowest BCUT2D eigenvalue weighted by Crippen LogP contribution is -2.42. The minimum Gasteiger partial charge on any atom is -0.272 e. The van der Waals surface area contributed by atoms with Gasteiger partial charge in [-0.15, -0.1) is 0 Å². The monoisotopic (exact) mass is 316 g/mol. The quantitative estimate of drug-likeness (QED) is 0.747. The van der Waals surface area contributed by atoms with E-state index in [0.717, 1.165) is 36.4 Å². The number of alkyl halides is 1. The summed E-state index contributed by atoms with van der Waals surface area (Å²) in [7, 11) is 8.73. The van der Waals surface area contributed by atoms with Crippen LogP contribution in [0.4, 0.5) is 9.18 Å². The fourth-order valence-electron chi connectivity index (χ4n) is 2.46. The summed E-state index contributed by atoms with van der Waals surface area (Å²) >= 11 is 0. The van der Waals surface area contributed by atoms with Crippen LogP contribution in [0, 0.1) is 0 Å². The molecule has 8 heteroatoms. The molecular weight excluding hydrogens is 302 g/mol. The van der Waals surface area contributed by atoms with Gasteiger partial charge in [-0.2, -0.15) is 0 Å². The summed E-state index contributed by atoms with van der Waals surface area (Å²) in [6.45, 7) is -0.207. The summed E-state index contributed by atoms with van der Waals surface area (Å²) in [5.74, 6) is -0.321. The molecule has 18 heavy (non-hydrogen) atoms. The molecule has 2 rings (SSSR count). The lowest BCUT2D eigenvalue weighted by atomic mass is 9.94. The molecule has 0 bridgehead atoms. The summed E-state index contributed by atoms with van der Waals surface area (Å²) in [5, 5.41) is 0. The molecule has 2 aliphatic rings. The van der Waals surface area contributed by atoms with E-state index in [1.54, 1.807) is 0 Å². The highest BCUT2D eigenvalue weighted by Gasteiger charge is 2.47. The highest BCUT2D eigenvalue weighted by atomic mass is 36.0. The maximum absolute atomic E-state index is 12.7. The van der Waals surface area contributed by atoms with E-state index in [4.69, 9.17) is 21.4 Å². The molecule has 1 heterocycles. The minimum absolute atomic E-state index is 0.0769. The smallest absolute Gasteiger partial charge is 0.272 e. The largest absolute Gasteiger partial charge is 0.338 e. The molecule has 104 valence electrons. The van der Waals surface area contributed by atoms with Gasteiger partial charge in [-0.1, -0.05) is 19.3 Å². The Morgan fingerprint density at radius 1 is 1.22 bits per heavy atom. The van der Waals surface area contributed by atoms with E-state index in [9.17, 15) is 14.0 Å². The predicted octanol–water partition coefficient (Wildman–Crippen LogP) is 3.54. The second-order valence-corrected chi connectivity index (χ2v) is 9.81. The highest BCUT2D eigenvalue weighted by molar-refractivity contribution is 8.64. The van der Waals surface area contributed by atoms with Crippen molar-refractivity contribution in [3.8, 4) is 0 Å². The number of urea groups is 1.